The van der Waals surface area contributed by atoms with Crippen molar-refractivity contribution in [1.82, 2.24) is 15.0 Å². The van der Waals surface area contributed by atoms with Crippen LogP contribution in [0.25, 0.3) is 0 Å². The molecular weight excluding hydrogens is 443 g/mol. The van der Waals surface area contributed by atoms with Gasteiger partial charge in [0.05, 0.1) is 20.6 Å². The standard InChI is InChI=1S/C25H47Cl2N4O/c1-5-6-7-8-9-10-11-12-13-14-15-16-17-18-22(2)21-31(3,4)19-20-32-25-29-23(26)28-24(27)30-25/h22H,5-21H2,1-4H3/q+1. The van der Waals surface area contributed by atoms with Gasteiger partial charge in [-0.3, -0.25) is 0 Å². The number of ether oxygens (including phenoxy) is 1. The van der Waals surface area contributed by atoms with E-state index in [1.165, 1.54) is 89.9 Å². The molecule has 0 saturated carbocycles. The highest BCUT2D eigenvalue weighted by atomic mass is 35.5. The van der Waals surface area contributed by atoms with Gasteiger partial charge in [0.2, 0.25) is 10.6 Å². The van der Waals surface area contributed by atoms with Gasteiger partial charge in [-0.2, -0.15) is 15.0 Å². The Labute approximate surface area is 207 Å². The number of unbranched alkanes of at least 4 members (excludes halogenated alkanes) is 12. The summed E-state index contributed by atoms with van der Waals surface area (Å²) in [6, 6.07) is 0.190. The van der Waals surface area contributed by atoms with Crippen molar-refractivity contribution < 1.29 is 9.22 Å². The number of aromatic nitrogens is 3. The predicted octanol–water partition coefficient (Wildman–Crippen LogP) is 7.75. The maximum Gasteiger partial charge on any atom is 0.322 e. The molecule has 1 rings (SSSR count). The number of hydrogen-bond donors (Lipinski definition) is 0. The van der Waals surface area contributed by atoms with Gasteiger partial charge in [-0.15, -0.1) is 0 Å². The van der Waals surface area contributed by atoms with Crippen LogP contribution in [0.1, 0.15) is 104 Å². The lowest BCUT2D eigenvalue weighted by atomic mass is 10.00. The Morgan fingerprint density at radius 3 is 1.72 bits per heavy atom. The number of hydrogen-bond acceptors (Lipinski definition) is 4. The van der Waals surface area contributed by atoms with Crippen LogP contribution in [0.3, 0.4) is 0 Å². The van der Waals surface area contributed by atoms with Gasteiger partial charge in [0.1, 0.15) is 13.2 Å². The summed E-state index contributed by atoms with van der Waals surface area (Å²) in [5.41, 5.74) is 0. The number of rotatable bonds is 20. The van der Waals surface area contributed by atoms with Crippen LogP contribution < -0.4 is 4.74 Å². The van der Waals surface area contributed by atoms with Gasteiger partial charge in [-0.05, 0) is 29.6 Å². The molecule has 0 radical (unpaired) electrons. The van der Waals surface area contributed by atoms with Gasteiger partial charge in [-0.1, -0.05) is 97.3 Å². The van der Waals surface area contributed by atoms with Crippen molar-refractivity contribution in [1.29, 1.82) is 0 Å². The van der Waals surface area contributed by atoms with Crippen molar-refractivity contribution in [3.05, 3.63) is 10.6 Å². The number of halogens is 2. The van der Waals surface area contributed by atoms with Crippen molar-refractivity contribution in [3.8, 4) is 6.01 Å². The number of quaternary nitrogens is 1. The first-order valence-electron chi connectivity index (χ1n) is 12.8. The monoisotopic (exact) mass is 489 g/mol. The van der Waals surface area contributed by atoms with Crippen LogP contribution >= 0.6 is 23.2 Å². The molecule has 0 fully saturated rings. The molecule has 5 nitrogen and oxygen atoms in total. The Balaban J connectivity index is 2.00. The highest BCUT2D eigenvalue weighted by molar-refractivity contribution is 6.31. The van der Waals surface area contributed by atoms with E-state index in [4.69, 9.17) is 27.9 Å². The molecule has 0 aliphatic heterocycles. The van der Waals surface area contributed by atoms with E-state index in [0.717, 1.165) is 17.6 Å². The van der Waals surface area contributed by atoms with E-state index in [1.54, 1.807) is 0 Å². The fourth-order valence-corrected chi connectivity index (χ4v) is 4.64. The van der Waals surface area contributed by atoms with Gasteiger partial charge in [0.15, 0.2) is 0 Å². The maximum atomic E-state index is 5.79. The summed E-state index contributed by atoms with van der Waals surface area (Å²) < 4.78 is 6.53. The van der Waals surface area contributed by atoms with Crippen LogP contribution in [0.15, 0.2) is 0 Å². The molecule has 1 atom stereocenters. The highest BCUT2D eigenvalue weighted by Crippen LogP contribution is 2.17. The van der Waals surface area contributed by atoms with Gasteiger partial charge in [-0.25, -0.2) is 0 Å². The summed E-state index contributed by atoms with van der Waals surface area (Å²) in [5.74, 6) is 0.707. The first-order valence-corrected chi connectivity index (χ1v) is 13.6. The summed E-state index contributed by atoms with van der Waals surface area (Å²) in [6.07, 6.45) is 19.6. The van der Waals surface area contributed by atoms with Crippen LogP contribution in [-0.2, 0) is 0 Å². The van der Waals surface area contributed by atoms with Crippen molar-refractivity contribution in [3.63, 3.8) is 0 Å². The number of nitrogens with zero attached hydrogens (tertiary/aromatic N) is 4. The minimum atomic E-state index is 0.0557. The zero-order chi connectivity index (χ0) is 23.7. The molecule has 1 unspecified atom stereocenters. The van der Waals surface area contributed by atoms with Crippen LogP contribution in [0.2, 0.25) is 10.6 Å². The molecule has 1 aromatic heterocycles. The SMILES string of the molecule is CCCCCCCCCCCCCCCC(C)C[N+](C)(C)CCOc1nc(Cl)nc(Cl)n1. The van der Waals surface area contributed by atoms with Crippen LogP contribution in [0.4, 0.5) is 0 Å². The third kappa shape index (κ3) is 16.0. The number of likely N-dealkylation sites (N-methyl/N-ethyl adjacent to an activating group) is 1. The molecule has 0 aromatic carbocycles. The quantitative estimate of drug-likeness (QED) is 0.138. The molecule has 0 aliphatic carbocycles. The van der Waals surface area contributed by atoms with Crippen LogP contribution in [-0.4, -0.2) is 53.2 Å². The van der Waals surface area contributed by atoms with Crippen molar-refractivity contribution >= 4 is 23.2 Å². The van der Waals surface area contributed by atoms with E-state index >= 15 is 0 Å². The molecule has 0 aliphatic rings. The van der Waals surface area contributed by atoms with E-state index < -0.39 is 0 Å². The molecule has 0 amide bonds. The lowest BCUT2D eigenvalue weighted by molar-refractivity contribution is -0.893. The van der Waals surface area contributed by atoms with E-state index in [-0.39, 0.29) is 16.6 Å². The first kappa shape index (κ1) is 29.4. The molecule has 0 spiro atoms. The Morgan fingerprint density at radius 2 is 1.22 bits per heavy atom. The molecule has 7 heteroatoms. The normalized spacial score (nSPS) is 12.8. The lowest BCUT2D eigenvalue weighted by Crippen LogP contribution is -2.45. The molecule has 1 aromatic rings. The molecule has 186 valence electrons. The Morgan fingerprint density at radius 1 is 0.750 bits per heavy atom. The third-order valence-corrected chi connectivity index (χ3v) is 6.43. The van der Waals surface area contributed by atoms with Crippen LogP contribution in [0, 0.1) is 5.92 Å². The van der Waals surface area contributed by atoms with E-state index in [1.807, 2.05) is 0 Å². The Bertz CT molecular complexity index is 581. The molecule has 0 N–H and O–H groups in total. The molecule has 32 heavy (non-hydrogen) atoms. The van der Waals surface area contributed by atoms with Crippen molar-refractivity contribution in [2.75, 3.05) is 33.8 Å². The average molecular weight is 491 g/mol. The molecule has 1 heterocycles. The van der Waals surface area contributed by atoms with Gasteiger partial charge in [0.25, 0.3) is 0 Å². The van der Waals surface area contributed by atoms with E-state index in [2.05, 4.69) is 42.9 Å². The first-order chi connectivity index (χ1) is 15.3. The Kier molecular flexibility index (Phi) is 16.3. The van der Waals surface area contributed by atoms with E-state index in [0.29, 0.717) is 12.5 Å². The summed E-state index contributed by atoms with van der Waals surface area (Å²) in [5, 5.41) is 0.111. The summed E-state index contributed by atoms with van der Waals surface area (Å²) >= 11 is 11.6. The fraction of sp³-hybridized carbons (Fsp3) is 0.880. The van der Waals surface area contributed by atoms with Gasteiger partial charge < -0.3 is 9.22 Å². The summed E-state index contributed by atoms with van der Waals surface area (Å²) in [7, 11) is 4.49. The predicted molar refractivity (Wildman–Crippen MR) is 137 cm³/mol. The zero-order valence-electron chi connectivity index (χ0n) is 21.1. The fourth-order valence-electron chi connectivity index (χ4n) is 4.29. The average Bonchev–Trinajstić information content (AvgIpc) is 2.70. The zero-order valence-corrected chi connectivity index (χ0v) is 22.6. The van der Waals surface area contributed by atoms with Gasteiger partial charge >= 0.3 is 6.01 Å². The van der Waals surface area contributed by atoms with E-state index in [9.17, 15) is 0 Å². The summed E-state index contributed by atoms with van der Waals surface area (Å²) in [6.45, 7) is 7.19. The second kappa shape index (κ2) is 17.8. The third-order valence-electron chi connectivity index (χ3n) is 6.09. The maximum absolute atomic E-state index is 5.79. The Hall–Kier alpha value is -0.650. The lowest BCUT2D eigenvalue weighted by Gasteiger charge is -2.32. The second-order valence-corrected chi connectivity index (χ2v) is 10.7. The minimum Gasteiger partial charge on any atom is -0.457 e. The largest absolute Gasteiger partial charge is 0.457 e. The van der Waals surface area contributed by atoms with Crippen molar-refractivity contribution in [2.45, 2.75) is 104 Å². The highest BCUT2D eigenvalue weighted by Gasteiger charge is 2.19. The summed E-state index contributed by atoms with van der Waals surface area (Å²) in [4.78, 5) is 11.6. The molecule has 0 bridgehead atoms. The molecular formula is C25H47Cl2N4O+. The molecule has 0 saturated heterocycles. The topological polar surface area (TPSA) is 47.9 Å². The van der Waals surface area contributed by atoms with Crippen molar-refractivity contribution in [2.24, 2.45) is 5.92 Å². The van der Waals surface area contributed by atoms with Gasteiger partial charge in [0, 0.05) is 5.92 Å². The van der Waals surface area contributed by atoms with Crippen LogP contribution in [0.5, 0.6) is 6.01 Å². The smallest absolute Gasteiger partial charge is 0.322 e. The second-order valence-electron chi connectivity index (χ2n) is 9.98. The minimum absolute atomic E-state index is 0.0557.